The third kappa shape index (κ3) is 5.75. The van der Waals surface area contributed by atoms with Gasteiger partial charge >= 0.3 is 6.03 Å². The first kappa shape index (κ1) is 25.2. The molecule has 1 aromatic carbocycles. The molecule has 0 saturated carbocycles. The molecule has 8 heteroatoms. The highest BCUT2D eigenvalue weighted by molar-refractivity contribution is 5.89. The molecule has 4 heterocycles. The molecule has 5 rings (SSSR count). The third-order valence-electron chi connectivity index (χ3n) is 7.03. The molecule has 1 unspecified atom stereocenters. The Morgan fingerprint density at radius 1 is 1.16 bits per heavy atom. The molecular formula is C30H33N7O. The minimum atomic E-state index is -0.00412. The van der Waals surface area contributed by atoms with Gasteiger partial charge in [-0.05, 0) is 55.5 Å². The minimum Gasteiger partial charge on any atom is -0.334 e. The number of aromatic nitrogens is 5. The number of rotatable bonds is 6. The van der Waals surface area contributed by atoms with Crippen LogP contribution in [-0.4, -0.2) is 49.0 Å². The molecular weight excluding hydrogens is 474 g/mol. The summed E-state index contributed by atoms with van der Waals surface area (Å²) in [4.78, 5) is 18.8. The van der Waals surface area contributed by atoms with E-state index < -0.39 is 0 Å². The number of aromatic amines is 1. The van der Waals surface area contributed by atoms with Gasteiger partial charge in [0, 0.05) is 54.6 Å². The second-order valence-corrected chi connectivity index (χ2v) is 9.51. The Bertz CT molecular complexity index is 1500. The van der Waals surface area contributed by atoms with Crippen molar-refractivity contribution < 1.29 is 4.79 Å². The van der Waals surface area contributed by atoms with Crippen molar-refractivity contribution >= 4 is 24.3 Å². The largest absolute Gasteiger partial charge is 0.334 e. The van der Waals surface area contributed by atoms with Crippen LogP contribution in [0.2, 0.25) is 0 Å². The van der Waals surface area contributed by atoms with E-state index in [-0.39, 0.29) is 12.1 Å². The highest BCUT2D eigenvalue weighted by Gasteiger charge is 2.22. The van der Waals surface area contributed by atoms with Gasteiger partial charge in [-0.2, -0.15) is 10.2 Å². The van der Waals surface area contributed by atoms with Gasteiger partial charge in [-0.25, -0.2) is 4.79 Å². The maximum atomic E-state index is 12.8. The number of hydrogen-bond donors (Lipinski definition) is 2. The summed E-state index contributed by atoms with van der Waals surface area (Å²) >= 11 is 0. The second kappa shape index (κ2) is 11.7. The van der Waals surface area contributed by atoms with Gasteiger partial charge in [0.25, 0.3) is 0 Å². The van der Waals surface area contributed by atoms with Crippen molar-refractivity contribution in [2.75, 3.05) is 13.1 Å². The SMILES string of the molecule is C=c1[nH]nc(-c2ccncc2)/c1=C/C(=C\C)c1cnn(C2CCCN(C(=O)NCc3ccccc3)CC2)c1. The van der Waals surface area contributed by atoms with Crippen LogP contribution < -0.4 is 15.9 Å². The number of allylic oxidation sites excluding steroid dienone is 2. The summed E-state index contributed by atoms with van der Waals surface area (Å²) in [7, 11) is 0. The van der Waals surface area contributed by atoms with Crippen molar-refractivity contribution in [3.8, 4) is 11.3 Å². The number of carbonyl (C=O) groups excluding carboxylic acids is 1. The van der Waals surface area contributed by atoms with Crippen LogP contribution in [0.25, 0.3) is 29.5 Å². The lowest BCUT2D eigenvalue weighted by Gasteiger charge is -2.21. The van der Waals surface area contributed by atoms with Crippen molar-refractivity contribution in [1.82, 2.24) is 35.2 Å². The van der Waals surface area contributed by atoms with Gasteiger partial charge in [0.15, 0.2) is 0 Å². The average Bonchev–Trinajstić information content (AvgIpc) is 3.50. The fourth-order valence-corrected chi connectivity index (χ4v) is 4.88. The van der Waals surface area contributed by atoms with E-state index in [0.29, 0.717) is 13.1 Å². The number of nitrogens with one attached hydrogen (secondary N) is 2. The van der Waals surface area contributed by atoms with E-state index in [2.05, 4.69) is 50.1 Å². The monoisotopic (exact) mass is 507 g/mol. The summed E-state index contributed by atoms with van der Waals surface area (Å²) in [5, 5.41) is 17.0. The molecule has 2 amide bonds. The zero-order valence-electron chi connectivity index (χ0n) is 21.7. The molecule has 38 heavy (non-hydrogen) atoms. The fourth-order valence-electron chi connectivity index (χ4n) is 4.88. The summed E-state index contributed by atoms with van der Waals surface area (Å²) in [6.07, 6.45) is 14.5. The fraction of sp³-hybridized carbons (Fsp3) is 0.267. The first-order valence-corrected chi connectivity index (χ1v) is 13.1. The van der Waals surface area contributed by atoms with Gasteiger partial charge in [-0.3, -0.25) is 14.8 Å². The summed E-state index contributed by atoms with van der Waals surface area (Å²) in [5.41, 5.74) is 5.02. The van der Waals surface area contributed by atoms with Crippen LogP contribution in [0.5, 0.6) is 0 Å². The highest BCUT2D eigenvalue weighted by Crippen LogP contribution is 2.25. The Hall–Kier alpha value is -4.46. The number of likely N-dealkylation sites (tertiary alicyclic amines) is 1. The molecule has 0 aliphatic carbocycles. The lowest BCUT2D eigenvalue weighted by molar-refractivity contribution is 0.198. The van der Waals surface area contributed by atoms with Gasteiger partial charge in [-0.15, -0.1) is 0 Å². The van der Waals surface area contributed by atoms with Crippen molar-refractivity contribution in [3.63, 3.8) is 0 Å². The van der Waals surface area contributed by atoms with E-state index in [1.807, 2.05) is 60.5 Å². The predicted octanol–water partition coefficient (Wildman–Crippen LogP) is 3.90. The Labute approximate surface area is 222 Å². The summed E-state index contributed by atoms with van der Waals surface area (Å²) in [6, 6.07) is 14.1. The maximum absolute atomic E-state index is 12.8. The van der Waals surface area contributed by atoms with Gasteiger partial charge in [0.05, 0.1) is 17.6 Å². The molecule has 4 aromatic rings. The van der Waals surface area contributed by atoms with Crippen molar-refractivity contribution in [2.24, 2.45) is 0 Å². The molecule has 1 aliphatic heterocycles. The zero-order valence-corrected chi connectivity index (χ0v) is 21.7. The Morgan fingerprint density at radius 3 is 2.76 bits per heavy atom. The van der Waals surface area contributed by atoms with E-state index >= 15 is 0 Å². The standard InChI is InChI=1S/C30H33N7O/c1-3-24(18-28-22(2)34-35-29(28)25-11-14-31-15-12-25)26-20-33-37(21-26)27-10-7-16-36(17-13-27)30(38)32-19-23-8-5-4-6-9-23/h3-6,8-9,11-12,14-15,18,20-21,27,34H,2,7,10,13,16-17,19H2,1H3,(H,32,38)/b24-3+,28-18+. The van der Waals surface area contributed by atoms with Crippen LogP contribution in [0.1, 0.15) is 43.4 Å². The zero-order chi connectivity index (χ0) is 26.3. The molecule has 1 fully saturated rings. The Morgan fingerprint density at radius 2 is 1.97 bits per heavy atom. The number of amides is 2. The average molecular weight is 508 g/mol. The van der Waals surface area contributed by atoms with E-state index in [0.717, 1.165) is 64.3 Å². The van der Waals surface area contributed by atoms with Crippen LogP contribution in [0.4, 0.5) is 4.79 Å². The lowest BCUT2D eigenvalue weighted by atomic mass is 10.1. The van der Waals surface area contributed by atoms with Gasteiger partial charge < -0.3 is 10.2 Å². The number of nitrogens with zero attached hydrogens (tertiary/aromatic N) is 5. The van der Waals surface area contributed by atoms with Gasteiger partial charge in [-0.1, -0.05) is 43.0 Å². The number of H-pyrrole nitrogens is 1. The number of benzene rings is 1. The third-order valence-corrected chi connectivity index (χ3v) is 7.03. The highest BCUT2D eigenvalue weighted by atomic mass is 16.2. The summed E-state index contributed by atoms with van der Waals surface area (Å²) in [5.74, 6) is 0. The number of carbonyl (C=O) groups is 1. The molecule has 0 radical (unpaired) electrons. The van der Waals surface area contributed by atoms with Crippen LogP contribution in [0, 0.1) is 0 Å². The molecule has 8 nitrogen and oxygen atoms in total. The normalized spacial score (nSPS) is 16.9. The topological polar surface area (TPSA) is 91.7 Å². The number of hydrogen-bond acceptors (Lipinski definition) is 4. The molecule has 1 saturated heterocycles. The van der Waals surface area contributed by atoms with Crippen molar-refractivity contribution in [1.29, 1.82) is 0 Å². The quantitative estimate of drug-likeness (QED) is 0.414. The number of pyridine rings is 1. The molecule has 0 spiro atoms. The van der Waals surface area contributed by atoms with Crippen LogP contribution in [-0.2, 0) is 6.54 Å². The maximum Gasteiger partial charge on any atom is 0.317 e. The van der Waals surface area contributed by atoms with E-state index in [9.17, 15) is 4.79 Å². The van der Waals surface area contributed by atoms with Crippen LogP contribution >= 0.6 is 0 Å². The first-order valence-electron chi connectivity index (χ1n) is 13.1. The Balaban J connectivity index is 1.27. The second-order valence-electron chi connectivity index (χ2n) is 9.51. The smallest absolute Gasteiger partial charge is 0.317 e. The molecule has 2 N–H and O–H groups in total. The minimum absolute atomic E-state index is 0.00412. The van der Waals surface area contributed by atoms with Crippen LogP contribution in [0.15, 0.2) is 73.3 Å². The van der Waals surface area contributed by atoms with Gasteiger partial charge in [0.2, 0.25) is 0 Å². The van der Waals surface area contributed by atoms with E-state index in [4.69, 9.17) is 5.10 Å². The van der Waals surface area contributed by atoms with Crippen molar-refractivity contribution in [2.45, 2.75) is 38.8 Å². The molecule has 0 bridgehead atoms. The summed E-state index contributed by atoms with van der Waals surface area (Å²) in [6.45, 7) is 8.16. The van der Waals surface area contributed by atoms with Gasteiger partial charge in [0.1, 0.15) is 5.69 Å². The molecule has 1 aliphatic rings. The van der Waals surface area contributed by atoms with Crippen molar-refractivity contribution in [3.05, 3.63) is 95.0 Å². The first-order chi connectivity index (χ1) is 18.6. The molecule has 1 atom stereocenters. The molecule has 3 aromatic heterocycles. The Kier molecular flexibility index (Phi) is 7.78. The number of urea groups is 1. The van der Waals surface area contributed by atoms with Crippen LogP contribution in [0.3, 0.4) is 0 Å². The van der Waals surface area contributed by atoms with E-state index in [1.165, 1.54) is 0 Å². The summed E-state index contributed by atoms with van der Waals surface area (Å²) < 4.78 is 2.06. The molecule has 194 valence electrons. The predicted molar refractivity (Wildman–Crippen MR) is 150 cm³/mol. The lowest BCUT2D eigenvalue weighted by Crippen LogP contribution is -2.40. The van der Waals surface area contributed by atoms with E-state index in [1.54, 1.807) is 12.4 Å².